The number of hydrogen-bond donors (Lipinski definition) is 3. The molecule has 1 aromatic heterocycles. The van der Waals surface area contributed by atoms with E-state index in [1.54, 1.807) is 13.3 Å². The summed E-state index contributed by atoms with van der Waals surface area (Å²) in [5.74, 6) is 3.56. The number of likely N-dealkylation sites (tertiary alicyclic amines) is 1. The molecule has 2 saturated heterocycles. The van der Waals surface area contributed by atoms with Crippen molar-refractivity contribution in [3.8, 4) is 11.5 Å². The van der Waals surface area contributed by atoms with Crippen molar-refractivity contribution >= 4 is 17.5 Å². The van der Waals surface area contributed by atoms with Crippen molar-refractivity contribution in [2.75, 3.05) is 63.6 Å². The molecule has 2 aliphatic rings. The highest BCUT2D eigenvalue weighted by Crippen LogP contribution is 2.31. The molecule has 2 aromatic rings. The van der Waals surface area contributed by atoms with Gasteiger partial charge in [-0.15, -0.1) is 0 Å². The number of nitrogens with one attached hydrogen (secondary N) is 3. The molecule has 2 fully saturated rings. The van der Waals surface area contributed by atoms with Gasteiger partial charge in [0.15, 0.2) is 11.5 Å². The second-order valence-electron chi connectivity index (χ2n) is 8.58. The van der Waals surface area contributed by atoms with Gasteiger partial charge in [0, 0.05) is 31.0 Å². The van der Waals surface area contributed by atoms with Gasteiger partial charge in [-0.1, -0.05) is 0 Å². The molecule has 0 bridgehead atoms. The van der Waals surface area contributed by atoms with Crippen molar-refractivity contribution in [3.63, 3.8) is 0 Å². The fourth-order valence-electron chi connectivity index (χ4n) is 4.33. The summed E-state index contributed by atoms with van der Waals surface area (Å²) in [5.41, 5.74) is 0.906. The second kappa shape index (κ2) is 11.9. The Balaban J connectivity index is 1.31. The molecule has 174 valence electrons. The first-order valence-electron chi connectivity index (χ1n) is 11.9. The van der Waals surface area contributed by atoms with Crippen LogP contribution in [0.1, 0.15) is 32.1 Å². The minimum absolute atomic E-state index is 0.653. The summed E-state index contributed by atoms with van der Waals surface area (Å²) < 4.78 is 11.5. The standard InChI is InChI=1S/C24H36N6O2/c1-31-21-6-5-20(17-22(21)32-16-4-15-30-13-2-3-14-30)28-23-9-12-26-24(29-23)27-18-19-7-10-25-11-8-19/h5-6,9,12,17,19,25H,2-4,7-8,10-11,13-16,18H2,1H3,(H2,26,27,28,29). The van der Waals surface area contributed by atoms with Crippen LogP contribution in [-0.2, 0) is 0 Å². The third kappa shape index (κ3) is 6.71. The zero-order chi connectivity index (χ0) is 22.0. The molecule has 8 heteroatoms. The number of rotatable bonds is 11. The highest BCUT2D eigenvalue weighted by Gasteiger charge is 2.14. The minimum atomic E-state index is 0.653. The third-order valence-corrected chi connectivity index (χ3v) is 6.17. The molecule has 0 saturated carbocycles. The SMILES string of the molecule is COc1ccc(Nc2ccnc(NCC3CCNCC3)n2)cc1OCCCN1CCCC1. The smallest absolute Gasteiger partial charge is 0.224 e. The van der Waals surface area contributed by atoms with Crippen LogP contribution in [0.25, 0.3) is 0 Å². The van der Waals surface area contributed by atoms with Gasteiger partial charge in [-0.3, -0.25) is 0 Å². The van der Waals surface area contributed by atoms with Crippen LogP contribution in [-0.4, -0.2) is 67.9 Å². The van der Waals surface area contributed by atoms with Crippen LogP contribution in [0.2, 0.25) is 0 Å². The maximum atomic E-state index is 6.05. The van der Waals surface area contributed by atoms with E-state index in [0.29, 0.717) is 18.5 Å². The van der Waals surface area contributed by atoms with E-state index in [4.69, 9.17) is 9.47 Å². The number of methoxy groups -OCH3 is 1. The van der Waals surface area contributed by atoms with E-state index in [0.717, 1.165) is 55.6 Å². The van der Waals surface area contributed by atoms with Gasteiger partial charge >= 0.3 is 0 Å². The minimum Gasteiger partial charge on any atom is -0.493 e. The van der Waals surface area contributed by atoms with Crippen molar-refractivity contribution in [2.24, 2.45) is 5.92 Å². The molecule has 0 spiro atoms. The lowest BCUT2D eigenvalue weighted by Crippen LogP contribution is -2.31. The summed E-state index contributed by atoms with van der Waals surface area (Å²) in [6.45, 7) is 7.29. The van der Waals surface area contributed by atoms with Gasteiger partial charge in [-0.25, -0.2) is 4.98 Å². The van der Waals surface area contributed by atoms with E-state index in [9.17, 15) is 0 Å². The summed E-state index contributed by atoms with van der Waals surface area (Å²) in [5, 5.41) is 10.2. The Morgan fingerprint density at radius 1 is 1.12 bits per heavy atom. The normalized spacial score (nSPS) is 17.3. The van der Waals surface area contributed by atoms with Gasteiger partial charge < -0.3 is 30.3 Å². The quantitative estimate of drug-likeness (QED) is 0.458. The topological polar surface area (TPSA) is 83.6 Å². The highest BCUT2D eigenvalue weighted by molar-refractivity contribution is 5.61. The van der Waals surface area contributed by atoms with Gasteiger partial charge in [-0.05, 0) is 82.4 Å². The summed E-state index contributed by atoms with van der Waals surface area (Å²) in [7, 11) is 1.67. The Hall–Kier alpha value is -2.58. The largest absolute Gasteiger partial charge is 0.493 e. The predicted molar refractivity (Wildman–Crippen MR) is 128 cm³/mol. The molecule has 0 unspecified atom stereocenters. The summed E-state index contributed by atoms with van der Waals surface area (Å²) in [4.78, 5) is 11.5. The maximum Gasteiger partial charge on any atom is 0.224 e. The van der Waals surface area contributed by atoms with Crippen molar-refractivity contribution in [3.05, 3.63) is 30.5 Å². The lowest BCUT2D eigenvalue weighted by molar-refractivity contribution is 0.254. The fraction of sp³-hybridized carbons (Fsp3) is 0.583. The van der Waals surface area contributed by atoms with Crippen LogP contribution in [0, 0.1) is 5.92 Å². The molecule has 0 radical (unpaired) electrons. The van der Waals surface area contributed by atoms with Crippen LogP contribution in [0.15, 0.2) is 30.5 Å². The van der Waals surface area contributed by atoms with Crippen LogP contribution in [0.3, 0.4) is 0 Å². The number of anilines is 3. The first kappa shape index (κ1) is 22.6. The number of ether oxygens (including phenoxy) is 2. The van der Waals surface area contributed by atoms with E-state index in [1.165, 1.54) is 38.8 Å². The third-order valence-electron chi connectivity index (χ3n) is 6.17. The average molecular weight is 441 g/mol. The molecule has 32 heavy (non-hydrogen) atoms. The van der Waals surface area contributed by atoms with Gasteiger partial charge in [-0.2, -0.15) is 4.98 Å². The number of benzene rings is 1. The first-order chi connectivity index (χ1) is 15.8. The monoisotopic (exact) mass is 440 g/mol. The number of hydrogen-bond acceptors (Lipinski definition) is 8. The fourth-order valence-corrected chi connectivity index (χ4v) is 4.33. The lowest BCUT2D eigenvalue weighted by Gasteiger charge is -2.22. The Labute approximate surface area is 191 Å². The number of nitrogens with zero attached hydrogens (tertiary/aromatic N) is 3. The zero-order valence-electron chi connectivity index (χ0n) is 19.1. The van der Waals surface area contributed by atoms with Gasteiger partial charge in [0.1, 0.15) is 5.82 Å². The maximum absolute atomic E-state index is 6.05. The molecule has 0 atom stereocenters. The molecular formula is C24H36N6O2. The van der Waals surface area contributed by atoms with E-state index < -0.39 is 0 Å². The Morgan fingerprint density at radius 2 is 1.97 bits per heavy atom. The van der Waals surface area contributed by atoms with Crippen LogP contribution >= 0.6 is 0 Å². The summed E-state index contributed by atoms with van der Waals surface area (Å²) >= 11 is 0. The lowest BCUT2D eigenvalue weighted by atomic mass is 9.98. The summed E-state index contributed by atoms with van der Waals surface area (Å²) in [6, 6.07) is 7.74. The highest BCUT2D eigenvalue weighted by atomic mass is 16.5. The number of aromatic nitrogens is 2. The van der Waals surface area contributed by atoms with Crippen molar-refractivity contribution < 1.29 is 9.47 Å². The molecule has 3 heterocycles. The molecule has 1 aromatic carbocycles. The Morgan fingerprint density at radius 3 is 2.78 bits per heavy atom. The molecule has 0 aliphatic carbocycles. The Bertz CT molecular complexity index is 837. The van der Waals surface area contributed by atoms with E-state index >= 15 is 0 Å². The molecule has 4 rings (SSSR count). The van der Waals surface area contributed by atoms with Crippen molar-refractivity contribution in [2.45, 2.75) is 32.1 Å². The number of piperidine rings is 1. The predicted octanol–water partition coefficient (Wildman–Crippen LogP) is 3.51. The molecule has 2 aliphatic heterocycles. The van der Waals surface area contributed by atoms with Gasteiger partial charge in [0.05, 0.1) is 13.7 Å². The zero-order valence-corrected chi connectivity index (χ0v) is 19.1. The molecule has 8 nitrogen and oxygen atoms in total. The van der Waals surface area contributed by atoms with Crippen molar-refractivity contribution in [1.29, 1.82) is 0 Å². The van der Waals surface area contributed by atoms with Crippen LogP contribution < -0.4 is 25.4 Å². The van der Waals surface area contributed by atoms with Crippen molar-refractivity contribution in [1.82, 2.24) is 20.2 Å². The van der Waals surface area contributed by atoms with Gasteiger partial charge in [0.25, 0.3) is 0 Å². The summed E-state index contributed by atoms with van der Waals surface area (Å²) in [6.07, 6.45) is 7.81. The van der Waals surface area contributed by atoms with E-state index in [2.05, 4.69) is 30.8 Å². The van der Waals surface area contributed by atoms with Crippen LogP contribution in [0.4, 0.5) is 17.5 Å². The van der Waals surface area contributed by atoms with Gasteiger partial charge in [0.2, 0.25) is 5.95 Å². The second-order valence-corrected chi connectivity index (χ2v) is 8.58. The van der Waals surface area contributed by atoms with E-state index in [1.807, 2.05) is 24.3 Å². The molecule has 0 amide bonds. The van der Waals surface area contributed by atoms with Crippen LogP contribution in [0.5, 0.6) is 11.5 Å². The molecule has 3 N–H and O–H groups in total. The first-order valence-corrected chi connectivity index (χ1v) is 11.9. The van der Waals surface area contributed by atoms with E-state index in [-0.39, 0.29) is 0 Å². The Kier molecular flexibility index (Phi) is 8.39. The molecular weight excluding hydrogens is 404 g/mol. The average Bonchev–Trinajstić information content (AvgIpc) is 3.35.